The van der Waals surface area contributed by atoms with Gasteiger partial charge in [-0.3, -0.25) is 0 Å². The van der Waals surface area contributed by atoms with Crippen molar-refractivity contribution in [1.82, 2.24) is 15.0 Å². The zero-order chi connectivity index (χ0) is 41.2. The van der Waals surface area contributed by atoms with Gasteiger partial charge in [0.2, 0.25) is 0 Å². The maximum atomic E-state index is 5.46. The van der Waals surface area contributed by atoms with Gasteiger partial charge in [0.1, 0.15) is 0 Å². The molecule has 0 atom stereocenters. The minimum Gasteiger partial charge on any atom is -0.247 e. The lowest BCUT2D eigenvalue weighted by atomic mass is 9.90. The molecule has 0 aliphatic carbocycles. The van der Waals surface area contributed by atoms with Crippen LogP contribution in [-0.4, -0.2) is 15.0 Å². The van der Waals surface area contributed by atoms with E-state index in [0.29, 0.717) is 5.82 Å². The highest BCUT2D eigenvalue weighted by Gasteiger charge is 2.18. The topological polar surface area (TPSA) is 38.7 Å². The number of nitrogens with zero attached hydrogens (tertiary/aromatic N) is 3. The third-order valence-electron chi connectivity index (χ3n) is 11.7. The van der Waals surface area contributed by atoms with Crippen LogP contribution in [0, 0.1) is 0 Å². The van der Waals surface area contributed by atoms with Crippen LogP contribution < -0.4 is 0 Å². The molecule has 0 spiro atoms. The summed E-state index contributed by atoms with van der Waals surface area (Å²) in [6, 6.07) is 83.4. The van der Waals surface area contributed by atoms with Gasteiger partial charge in [-0.1, -0.05) is 200 Å². The Morgan fingerprint density at radius 3 is 1.23 bits per heavy atom. The highest BCUT2D eigenvalue weighted by molar-refractivity contribution is 6.18. The zero-order valence-corrected chi connectivity index (χ0v) is 33.9. The second-order valence-electron chi connectivity index (χ2n) is 15.6. The number of fused-ring (bicyclic) bond motifs is 3. The Bertz CT molecular complexity index is 3290. The van der Waals surface area contributed by atoms with Crippen LogP contribution in [0.5, 0.6) is 0 Å². The van der Waals surface area contributed by atoms with Crippen molar-refractivity contribution in [2.24, 2.45) is 0 Å². The van der Waals surface area contributed by atoms with Crippen molar-refractivity contribution < 1.29 is 0 Å². The molecular formula is C59H39N3. The van der Waals surface area contributed by atoms with E-state index in [2.05, 4.69) is 231 Å². The smallest absolute Gasteiger partial charge is 0.160 e. The number of hydrogen-bond donors (Lipinski definition) is 0. The largest absolute Gasteiger partial charge is 0.247 e. The van der Waals surface area contributed by atoms with Crippen LogP contribution in [0.2, 0.25) is 0 Å². The van der Waals surface area contributed by atoms with Gasteiger partial charge in [0.25, 0.3) is 0 Å². The molecule has 11 aromatic rings. The summed E-state index contributed by atoms with van der Waals surface area (Å²) in [5, 5.41) is 3.49. The van der Waals surface area contributed by atoms with Gasteiger partial charge in [0, 0.05) is 33.2 Å². The summed E-state index contributed by atoms with van der Waals surface area (Å²) in [4.78, 5) is 16.0. The van der Waals surface area contributed by atoms with Gasteiger partial charge in [-0.05, 0) is 86.1 Å². The molecule has 0 saturated heterocycles. The third kappa shape index (κ3) is 7.12. The Balaban J connectivity index is 1.08. The summed E-state index contributed by atoms with van der Waals surface area (Å²) in [6.45, 7) is 0. The first kappa shape index (κ1) is 36.8. The number of rotatable bonds is 8. The van der Waals surface area contributed by atoms with Crippen LogP contribution in [0.25, 0.3) is 111 Å². The van der Waals surface area contributed by atoms with Crippen molar-refractivity contribution in [2.75, 3.05) is 0 Å². The molecule has 2 heterocycles. The first-order chi connectivity index (χ1) is 30.7. The average Bonchev–Trinajstić information content (AvgIpc) is 3.37. The van der Waals surface area contributed by atoms with Gasteiger partial charge >= 0.3 is 0 Å². The number of aromatic nitrogens is 3. The quantitative estimate of drug-likeness (QED) is 0.144. The Morgan fingerprint density at radius 2 is 0.661 bits per heavy atom. The van der Waals surface area contributed by atoms with E-state index in [1.165, 1.54) is 10.8 Å². The molecule has 0 aliphatic rings. The molecule has 0 aliphatic heterocycles. The number of pyridine rings is 1. The van der Waals surface area contributed by atoms with Crippen LogP contribution in [0.1, 0.15) is 0 Å². The van der Waals surface area contributed by atoms with Crippen LogP contribution in [0.4, 0.5) is 0 Å². The molecule has 62 heavy (non-hydrogen) atoms. The molecule has 0 amide bonds. The van der Waals surface area contributed by atoms with Gasteiger partial charge in [0.05, 0.1) is 22.6 Å². The van der Waals surface area contributed by atoms with Crippen LogP contribution >= 0.6 is 0 Å². The van der Waals surface area contributed by atoms with E-state index in [0.717, 1.165) is 94.7 Å². The highest BCUT2D eigenvalue weighted by Crippen LogP contribution is 2.42. The average molecular weight is 790 g/mol. The zero-order valence-electron chi connectivity index (χ0n) is 33.9. The fourth-order valence-corrected chi connectivity index (χ4v) is 8.56. The van der Waals surface area contributed by atoms with Crippen LogP contribution in [0.3, 0.4) is 0 Å². The van der Waals surface area contributed by atoms with E-state index in [1.54, 1.807) is 0 Å². The molecule has 3 heteroatoms. The minimum absolute atomic E-state index is 0.665. The van der Waals surface area contributed by atoms with E-state index < -0.39 is 0 Å². The monoisotopic (exact) mass is 789 g/mol. The maximum Gasteiger partial charge on any atom is 0.160 e. The van der Waals surface area contributed by atoms with Gasteiger partial charge < -0.3 is 0 Å². The standard InChI is InChI=1S/C59H39N3/c1-6-18-40(19-7-1)48-34-49(41-20-8-2-9-21-41)36-50(35-48)56-39-55(45-26-14-5-15-27-45)61-59(62-56)46-32-30-43(31-33-46)53-37-47-28-16-17-29-51(47)57-52(42-22-10-3-11-23-42)38-54(60-58(53)57)44-24-12-4-13-25-44/h1-39H. The first-order valence-electron chi connectivity index (χ1n) is 21.0. The van der Waals surface area contributed by atoms with E-state index in [-0.39, 0.29) is 0 Å². The van der Waals surface area contributed by atoms with Gasteiger partial charge in [-0.25, -0.2) is 15.0 Å². The van der Waals surface area contributed by atoms with Crippen molar-refractivity contribution in [1.29, 1.82) is 0 Å². The molecule has 0 unspecified atom stereocenters. The van der Waals surface area contributed by atoms with E-state index in [9.17, 15) is 0 Å². The highest BCUT2D eigenvalue weighted by atomic mass is 14.9. The summed E-state index contributed by atoms with van der Waals surface area (Å²) < 4.78 is 0. The van der Waals surface area contributed by atoms with E-state index >= 15 is 0 Å². The predicted molar refractivity (Wildman–Crippen MR) is 258 cm³/mol. The minimum atomic E-state index is 0.665. The summed E-state index contributed by atoms with van der Waals surface area (Å²) in [5.41, 5.74) is 16.8. The second-order valence-corrected chi connectivity index (χ2v) is 15.6. The Morgan fingerprint density at radius 1 is 0.242 bits per heavy atom. The van der Waals surface area contributed by atoms with Crippen molar-refractivity contribution >= 4 is 21.7 Å². The van der Waals surface area contributed by atoms with Gasteiger partial charge in [-0.2, -0.15) is 0 Å². The van der Waals surface area contributed by atoms with Gasteiger partial charge in [-0.15, -0.1) is 0 Å². The van der Waals surface area contributed by atoms with E-state index in [1.807, 2.05) is 6.07 Å². The second kappa shape index (κ2) is 16.1. The normalized spacial score (nSPS) is 11.2. The summed E-state index contributed by atoms with van der Waals surface area (Å²) >= 11 is 0. The fourth-order valence-electron chi connectivity index (χ4n) is 8.56. The molecule has 0 fully saturated rings. The molecule has 290 valence electrons. The Kier molecular flexibility index (Phi) is 9.53. The lowest BCUT2D eigenvalue weighted by Crippen LogP contribution is -1.97. The predicted octanol–water partition coefficient (Wildman–Crippen LogP) is 15.5. The summed E-state index contributed by atoms with van der Waals surface area (Å²) in [7, 11) is 0. The lowest BCUT2D eigenvalue weighted by molar-refractivity contribution is 1.18. The molecule has 0 radical (unpaired) electrons. The molecule has 0 bridgehead atoms. The van der Waals surface area contributed by atoms with Crippen molar-refractivity contribution in [3.8, 4) is 89.7 Å². The number of benzene rings is 9. The third-order valence-corrected chi connectivity index (χ3v) is 11.7. The Hall–Kier alpha value is -8.27. The van der Waals surface area contributed by atoms with Crippen molar-refractivity contribution in [3.63, 3.8) is 0 Å². The van der Waals surface area contributed by atoms with Crippen LogP contribution in [0.15, 0.2) is 237 Å². The first-order valence-corrected chi connectivity index (χ1v) is 21.0. The van der Waals surface area contributed by atoms with Crippen molar-refractivity contribution in [2.45, 2.75) is 0 Å². The molecule has 0 saturated carbocycles. The Labute approximate surface area is 361 Å². The van der Waals surface area contributed by atoms with Crippen LogP contribution in [-0.2, 0) is 0 Å². The van der Waals surface area contributed by atoms with Crippen molar-refractivity contribution in [3.05, 3.63) is 237 Å². The molecule has 3 nitrogen and oxygen atoms in total. The molecule has 9 aromatic carbocycles. The fraction of sp³-hybridized carbons (Fsp3) is 0. The SMILES string of the molecule is c1ccc(-c2cc(-c3ccccc3)cc(-c3cc(-c4ccccc4)nc(-c4ccc(-c5cc6ccccc6c6c(-c7ccccc7)cc(-c7ccccc7)nc56)cc4)n3)c2)cc1. The maximum absolute atomic E-state index is 5.46. The lowest BCUT2D eigenvalue weighted by Gasteiger charge is -2.17. The summed E-state index contributed by atoms with van der Waals surface area (Å²) in [5.74, 6) is 0.665. The molecule has 11 rings (SSSR count). The molecular weight excluding hydrogens is 751 g/mol. The van der Waals surface area contributed by atoms with Gasteiger partial charge in [0.15, 0.2) is 5.82 Å². The molecule has 2 aromatic heterocycles. The summed E-state index contributed by atoms with van der Waals surface area (Å²) in [6.07, 6.45) is 0. The molecule has 0 N–H and O–H groups in total. The van der Waals surface area contributed by atoms with E-state index in [4.69, 9.17) is 15.0 Å². The number of hydrogen-bond acceptors (Lipinski definition) is 3.